The third kappa shape index (κ3) is 3.10. The third-order valence-corrected chi connectivity index (χ3v) is 3.46. The van der Waals surface area contributed by atoms with Crippen LogP contribution in [0.5, 0.6) is 5.75 Å². The number of rotatable bonds is 5. The number of ketones is 1. The summed E-state index contributed by atoms with van der Waals surface area (Å²) >= 11 is 3.34. The van der Waals surface area contributed by atoms with Gasteiger partial charge in [-0.25, -0.2) is 0 Å². The van der Waals surface area contributed by atoms with Crippen molar-refractivity contribution in [2.24, 2.45) is 0 Å². The molecular formula is C13H14BrNO3. The first kappa shape index (κ1) is 13.1. The van der Waals surface area contributed by atoms with E-state index in [1.807, 2.05) is 0 Å². The van der Waals surface area contributed by atoms with E-state index in [4.69, 9.17) is 4.74 Å². The van der Waals surface area contributed by atoms with Gasteiger partial charge in [-0.3, -0.25) is 9.59 Å². The molecule has 1 aromatic rings. The molecule has 0 aromatic heterocycles. The normalized spacial score (nSPS) is 13.3. The van der Waals surface area contributed by atoms with E-state index in [1.54, 1.807) is 30.2 Å². The van der Waals surface area contributed by atoms with Crippen LogP contribution in [0.2, 0.25) is 0 Å². The van der Waals surface area contributed by atoms with Gasteiger partial charge in [-0.1, -0.05) is 0 Å². The summed E-state index contributed by atoms with van der Waals surface area (Å²) in [4.78, 5) is 25.1. The largest absolute Gasteiger partial charge is 0.496 e. The van der Waals surface area contributed by atoms with Gasteiger partial charge in [0.25, 0.3) is 0 Å². The molecule has 0 atom stereocenters. The van der Waals surface area contributed by atoms with Crippen LogP contribution in [0.1, 0.15) is 23.2 Å². The molecule has 2 rings (SSSR count). The Balaban J connectivity index is 1.95. The summed E-state index contributed by atoms with van der Waals surface area (Å²) in [7, 11) is 1.57. The van der Waals surface area contributed by atoms with Crippen molar-refractivity contribution >= 4 is 27.6 Å². The highest BCUT2D eigenvalue weighted by Gasteiger charge is 2.24. The number of ether oxygens (including phenoxy) is 1. The van der Waals surface area contributed by atoms with Crippen LogP contribution in [-0.4, -0.2) is 36.8 Å². The van der Waals surface area contributed by atoms with E-state index in [0.717, 1.165) is 17.6 Å². The molecule has 1 aliphatic heterocycles. The molecule has 0 unspecified atom stereocenters. The van der Waals surface area contributed by atoms with Crippen LogP contribution in [0.25, 0.3) is 0 Å². The molecule has 4 nitrogen and oxygen atoms in total. The lowest BCUT2D eigenvalue weighted by atomic mass is 10.1. The summed E-state index contributed by atoms with van der Waals surface area (Å²) < 4.78 is 5.84. The SMILES string of the molecule is COc1ccc(C(=O)CCC(=O)N2CC2)cc1Br. The molecule has 96 valence electrons. The zero-order valence-corrected chi connectivity index (χ0v) is 11.7. The molecule has 18 heavy (non-hydrogen) atoms. The van der Waals surface area contributed by atoms with Gasteiger partial charge in [0.15, 0.2) is 5.78 Å². The molecule has 1 fully saturated rings. The minimum absolute atomic E-state index is 0.0199. The van der Waals surface area contributed by atoms with E-state index >= 15 is 0 Å². The molecule has 1 heterocycles. The number of nitrogens with zero attached hydrogens (tertiary/aromatic N) is 1. The van der Waals surface area contributed by atoms with Crippen molar-refractivity contribution < 1.29 is 14.3 Å². The first-order chi connectivity index (χ1) is 8.61. The van der Waals surface area contributed by atoms with E-state index in [1.165, 1.54) is 0 Å². The van der Waals surface area contributed by atoms with Crippen LogP contribution in [0.3, 0.4) is 0 Å². The Morgan fingerprint density at radius 3 is 2.61 bits per heavy atom. The van der Waals surface area contributed by atoms with Crippen molar-refractivity contribution in [3.8, 4) is 5.75 Å². The molecule has 1 aliphatic rings. The fraction of sp³-hybridized carbons (Fsp3) is 0.385. The maximum absolute atomic E-state index is 11.9. The molecule has 5 heteroatoms. The van der Waals surface area contributed by atoms with E-state index in [-0.39, 0.29) is 18.1 Å². The van der Waals surface area contributed by atoms with Gasteiger partial charge in [0.2, 0.25) is 5.91 Å². The number of benzene rings is 1. The Hall–Kier alpha value is -1.36. The second-order valence-corrected chi connectivity index (χ2v) is 5.01. The summed E-state index contributed by atoms with van der Waals surface area (Å²) in [5, 5.41) is 0. The van der Waals surface area contributed by atoms with Gasteiger partial charge in [0.05, 0.1) is 11.6 Å². The molecular weight excluding hydrogens is 298 g/mol. The van der Waals surface area contributed by atoms with E-state index in [0.29, 0.717) is 17.7 Å². The van der Waals surface area contributed by atoms with Gasteiger partial charge in [0.1, 0.15) is 5.75 Å². The average Bonchev–Trinajstić information content (AvgIpc) is 3.19. The number of amides is 1. The molecule has 0 bridgehead atoms. The minimum atomic E-state index is -0.0199. The van der Waals surface area contributed by atoms with E-state index in [9.17, 15) is 9.59 Å². The van der Waals surface area contributed by atoms with Crippen LogP contribution in [0, 0.1) is 0 Å². The lowest BCUT2D eigenvalue weighted by molar-refractivity contribution is -0.125. The highest BCUT2D eigenvalue weighted by molar-refractivity contribution is 9.10. The summed E-state index contributed by atoms with van der Waals surface area (Å²) in [6.07, 6.45) is 0.552. The van der Waals surface area contributed by atoms with Crippen molar-refractivity contribution in [1.29, 1.82) is 0 Å². The molecule has 1 amide bonds. The third-order valence-electron chi connectivity index (χ3n) is 2.84. The molecule has 0 radical (unpaired) electrons. The first-order valence-electron chi connectivity index (χ1n) is 5.76. The Kier molecular flexibility index (Phi) is 4.01. The van der Waals surface area contributed by atoms with Crippen molar-refractivity contribution in [1.82, 2.24) is 4.90 Å². The molecule has 0 saturated carbocycles. The van der Waals surface area contributed by atoms with Crippen molar-refractivity contribution in [3.63, 3.8) is 0 Å². The molecule has 0 spiro atoms. The Morgan fingerprint density at radius 2 is 2.06 bits per heavy atom. The van der Waals surface area contributed by atoms with Crippen molar-refractivity contribution in [2.45, 2.75) is 12.8 Å². The maximum Gasteiger partial charge on any atom is 0.223 e. The number of Topliss-reactive ketones (excluding diaryl/α,β-unsaturated/α-hetero) is 1. The van der Waals surface area contributed by atoms with Crippen LogP contribution < -0.4 is 4.74 Å². The number of carbonyl (C=O) groups is 2. The number of hydrogen-bond acceptors (Lipinski definition) is 3. The first-order valence-corrected chi connectivity index (χ1v) is 6.55. The summed E-state index contributed by atoms with van der Waals surface area (Å²) in [5.74, 6) is 0.733. The number of carbonyl (C=O) groups excluding carboxylic acids is 2. The topological polar surface area (TPSA) is 46.4 Å². The van der Waals surface area contributed by atoms with E-state index < -0.39 is 0 Å². The van der Waals surface area contributed by atoms with Gasteiger partial charge in [-0.2, -0.15) is 0 Å². The fourth-order valence-corrected chi connectivity index (χ4v) is 2.20. The maximum atomic E-state index is 11.9. The van der Waals surface area contributed by atoms with Gasteiger partial charge in [-0.15, -0.1) is 0 Å². The number of methoxy groups -OCH3 is 1. The van der Waals surface area contributed by atoms with E-state index in [2.05, 4.69) is 15.9 Å². The molecule has 0 N–H and O–H groups in total. The van der Waals surface area contributed by atoms with Crippen molar-refractivity contribution in [2.75, 3.05) is 20.2 Å². The van der Waals surface area contributed by atoms with Crippen LogP contribution in [-0.2, 0) is 4.79 Å². The standard InChI is InChI=1S/C13H14BrNO3/c1-18-12-4-2-9(8-10(12)14)11(16)3-5-13(17)15-6-7-15/h2,4,8H,3,5-7H2,1H3. The predicted molar refractivity (Wildman–Crippen MR) is 70.8 cm³/mol. The summed E-state index contributed by atoms with van der Waals surface area (Å²) in [6.45, 7) is 1.67. The Bertz CT molecular complexity index is 483. The lowest BCUT2D eigenvalue weighted by Crippen LogP contribution is -2.12. The Morgan fingerprint density at radius 1 is 1.33 bits per heavy atom. The minimum Gasteiger partial charge on any atom is -0.496 e. The monoisotopic (exact) mass is 311 g/mol. The molecule has 1 saturated heterocycles. The average molecular weight is 312 g/mol. The highest BCUT2D eigenvalue weighted by Crippen LogP contribution is 2.26. The van der Waals surface area contributed by atoms with Gasteiger partial charge in [0, 0.05) is 31.5 Å². The van der Waals surface area contributed by atoms with Gasteiger partial charge in [-0.05, 0) is 34.1 Å². The van der Waals surface area contributed by atoms with Crippen LogP contribution in [0.4, 0.5) is 0 Å². The number of hydrogen-bond donors (Lipinski definition) is 0. The smallest absolute Gasteiger partial charge is 0.223 e. The van der Waals surface area contributed by atoms with Crippen LogP contribution >= 0.6 is 15.9 Å². The second kappa shape index (κ2) is 5.52. The van der Waals surface area contributed by atoms with Gasteiger partial charge >= 0.3 is 0 Å². The highest BCUT2D eigenvalue weighted by atomic mass is 79.9. The second-order valence-electron chi connectivity index (χ2n) is 4.15. The lowest BCUT2D eigenvalue weighted by Gasteiger charge is -2.06. The van der Waals surface area contributed by atoms with Gasteiger partial charge < -0.3 is 9.64 Å². The van der Waals surface area contributed by atoms with Crippen molar-refractivity contribution in [3.05, 3.63) is 28.2 Å². The molecule has 0 aliphatic carbocycles. The molecule has 1 aromatic carbocycles. The zero-order chi connectivity index (χ0) is 13.1. The summed E-state index contributed by atoms with van der Waals surface area (Å²) in [6, 6.07) is 5.18. The summed E-state index contributed by atoms with van der Waals surface area (Å²) in [5.41, 5.74) is 0.598. The zero-order valence-electron chi connectivity index (χ0n) is 10.1. The predicted octanol–water partition coefficient (Wildman–Crippen LogP) is 2.26. The Labute approximate surface area is 114 Å². The quantitative estimate of drug-likeness (QED) is 0.619. The fourth-order valence-electron chi connectivity index (χ4n) is 1.66. The van der Waals surface area contributed by atoms with Crippen LogP contribution in [0.15, 0.2) is 22.7 Å². The number of halogens is 1.